The van der Waals surface area contributed by atoms with Crippen molar-refractivity contribution in [3.63, 3.8) is 0 Å². The zero-order chi connectivity index (χ0) is 21.8. The molecule has 0 aliphatic carbocycles. The Labute approximate surface area is 185 Å². The van der Waals surface area contributed by atoms with Crippen molar-refractivity contribution in [1.29, 1.82) is 0 Å². The number of hydrogen-bond donors (Lipinski definition) is 1. The average Bonchev–Trinajstić information content (AvgIpc) is 3.36. The molecule has 8 heteroatoms. The van der Waals surface area contributed by atoms with Gasteiger partial charge in [0.1, 0.15) is 12.0 Å². The fourth-order valence-electron chi connectivity index (χ4n) is 3.88. The number of nitrogens with zero attached hydrogens (tertiary/aromatic N) is 5. The smallest absolute Gasteiger partial charge is 0.274 e. The van der Waals surface area contributed by atoms with Gasteiger partial charge in [0, 0.05) is 54.7 Å². The zero-order valence-corrected chi connectivity index (χ0v) is 17.4. The summed E-state index contributed by atoms with van der Waals surface area (Å²) in [5, 5.41) is 11.4. The standard InChI is InChI=1S/C24H22N6O2/c31-24(22-14-17(6-10-26-22)19-4-2-9-25-15-19)28-20-5-1-3-18(13-20)23-29-27-16-30(23)21-7-11-32-12-8-21/h1-6,9-10,13-16,21H,7-8,11-12H2,(H,28,31). The van der Waals surface area contributed by atoms with Crippen LogP contribution in [0.15, 0.2) is 73.4 Å². The van der Waals surface area contributed by atoms with E-state index in [-0.39, 0.29) is 5.91 Å². The molecule has 4 heterocycles. The first-order valence-corrected chi connectivity index (χ1v) is 10.5. The van der Waals surface area contributed by atoms with E-state index in [1.165, 1.54) is 0 Å². The highest BCUT2D eigenvalue weighted by atomic mass is 16.5. The number of ether oxygens (including phenoxy) is 1. The Morgan fingerprint density at radius 3 is 2.72 bits per heavy atom. The van der Waals surface area contributed by atoms with Gasteiger partial charge in [-0.15, -0.1) is 10.2 Å². The van der Waals surface area contributed by atoms with Gasteiger partial charge < -0.3 is 14.6 Å². The van der Waals surface area contributed by atoms with Crippen molar-refractivity contribution in [1.82, 2.24) is 24.7 Å². The molecule has 1 N–H and O–H groups in total. The van der Waals surface area contributed by atoms with Crippen LogP contribution < -0.4 is 5.32 Å². The van der Waals surface area contributed by atoms with Crippen LogP contribution >= 0.6 is 0 Å². The van der Waals surface area contributed by atoms with Gasteiger partial charge in [0.15, 0.2) is 5.82 Å². The summed E-state index contributed by atoms with van der Waals surface area (Å²) in [5.41, 5.74) is 3.71. The third-order valence-electron chi connectivity index (χ3n) is 5.52. The highest BCUT2D eigenvalue weighted by Gasteiger charge is 2.20. The van der Waals surface area contributed by atoms with Crippen molar-refractivity contribution < 1.29 is 9.53 Å². The van der Waals surface area contributed by atoms with E-state index in [9.17, 15) is 4.79 Å². The van der Waals surface area contributed by atoms with E-state index in [1.807, 2.05) is 42.5 Å². The monoisotopic (exact) mass is 426 g/mol. The molecular weight excluding hydrogens is 404 g/mol. The first kappa shape index (κ1) is 20.0. The zero-order valence-electron chi connectivity index (χ0n) is 17.4. The molecule has 0 unspecified atom stereocenters. The number of benzene rings is 1. The van der Waals surface area contributed by atoms with Crippen LogP contribution in [0.2, 0.25) is 0 Å². The summed E-state index contributed by atoms with van der Waals surface area (Å²) in [6.45, 7) is 1.48. The topological polar surface area (TPSA) is 94.8 Å². The van der Waals surface area contributed by atoms with Gasteiger partial charge in [-0.2, -0.15) is 0 Å². The number of nitrogens with one attached hydrogen (secondary N) is 1. The highest BCUT2D eigenvalue weighted by Crippen LogP contribution is 2.28. The van der Waals surface area contributed by atoms with Crippen LogP contribution in [-0.2, 0) is 4.74 Å². The third kappa shape index (κ3) is 4.26. The summed E-state index contributed by atoms with van der Waals surface area (Å²) in [7, 11) is 0. The molecule has 1 amide bonds. The second kappa shape index (κ2) is 9.07. The summed E-state index contributed by atoms with van der Waals surface area (Å²) < 4.78 is 7.57. The lowest BCUT2D eigenvalue weighted by Gasteiger charge is -2.24. The van der Waals surface area contributed by atoms with Crippen molar-refractivity contribution in [2.24, 2.45) is 0 Å². The molecule has 1 aromatic carbocycles. The van der Waals surface area contributed by atoms with Gasteiger partial charge in [0.05, 0.1) is 0 Å². The Bertz CT molecular complexity index is 1220. The second-order valence-electron chi connectivity index (χ2n) is 7.61. The van der Waals surface area contributed by atoms with E-state index in [4.69, 9.17) is 4.74 Å². The SMILES string of the molecule is O=C(Nc1cccc(-c2nncn2C2CCOCC2)c1)c1cc(-c2cccnc2)ccn1. The molecule has 4 aromatic rings. The van der Waals surface area contributed by atoms with E-state index < -0.39 is 0 Å². The minimum Gasteiger partial charge on any atom is -0.381 e. The molecule has 5 rings (SSSR count). The molecule has 0 saturated carbocycles. The molecule has 32 heavy (non-hydrogen) atoms. The largest absolute Gasteiger partial charge is 0.381 e. The highest BCUT2D eigenvalue weighted by molar-refractivity contribution is 6.03. The van der Waals surface area contributed by atoms with Crippen molar-refractivity contribution >= 4 is 11.6 Å². The molecule has 1 aliphatic heterocycles. The summed E-state index contributed by atoms with van der Waals surface area (Å²) in [5.74, 6) is 0.503. The number of carbonyl (C=O) groups excluding carboxylic acids is 1. The summed E-state index contributed by atoms with van der Waals surface area (Å²) in [6.07, 6.45) is 8.73. The molecule has 8 nitrogen and oxygen atoms in total. The average molecular weight is 426 g/mol. The Morgan fingerprint density at radius 2 is 1.88 bits per heavy atom. The maximum Gasteiger partial charge on any atom is 0.274 e. The molecule has 1 fully saturated rings. The predicted molar refractivity (Wildman–Crippen MR) is 120 cm³/mol. The predicted octanol–water partition coefficient (Wildman–Crippen LogP) is 4.01. The van der Waals surface area contributed by atoms with Gasteiger partial charge in [0.25, 0.3) is 5.91 Å². The fraction of sp³-hybridized carbons (Fsp3) is 0.208. The van der Waals surface area contributed by atoms with Crippen LogP contribution in [0.3, 0.4) is 0 Å². The molecule has 0 radical (unpaired) electrons. The number of anilines is 1. The third-order valence-corrected chi connectivity index (χ3v) is 5.52. The van der Waals surface area contributed by atoms with Crippen LogP contribution in [-0.4, -0.2) is 43.9 Å². The van der Waals surface area contributed by atoms with Crippen LogP contribution in [0.25, 0.3) is 22.5 Å². The van der Waals surface area contributed by atoms with Gasteiger partial charge in [-0.1, -0.05) is 18.2 Å². The number of hydrogen-bond acceptors (Lipinski definition) is 6. The van der Waals surface area contributed by atoms with Gasteiger partial charge in [-0.3, -0.25) is 14.8 Å². The Hall–Kier alpha value is -3.91. The van der Waals surface area contributed by atoms with Gasteiger partial charge in [-0.25, -0.2) is 0 Å². The minimum atomic E-state index is -0.279. The first-order chi connectivity index (χ1) is 15.8. The molecule has 160 valence electrons. The number of carbonyl (C=O) groups is 1. The number of aromatic nitrogens is 5. The maximum absolute atomic E-state index is 12.9. The lowest BCUT2D eigenvalue weighted by molar-refractivity contribution is 0.0699. The van der Waals surface area contributed by atoms with Crippen molar-refractivity contribution in [2.45, 2.75) is 18.9 Å². The number of pyridine rings is 2. The maximum atomic E-state index is 12.9. The fourth-order valence-corrected chi connectivity index (χ4v) is 3.88. The van der Waals surface area contributed by atoms with Crippen molar-refractivity contribution in [3.8, 4) is 22.5 Å². The van der Waals surface area contributed by atoms with Gasteiger partial charge in [-0.05, 0) is 48.7 Å². The molecular formula is C24H22N6O2. The Kier molecular flexibility index (Phi) is 5.67. The molecule has 1 aliphatic rings. The second-order valence-corrected chi connectivity index (χ2v) is 7.61. The van der Waals surface area contributed by atoms with E-state index in [1.54, 1.807) is 31.0 Å². The van der Waals surface area contributed by atoms with E-state index in [0.29, 0.717) is 17.4 Å². The molecule has 0 atom stereocenters. The Balaban J connectivity index is 1.36. The summed E-state index contributed by atoms with van der Waals surface area (Å²) in [4.78, 5) is 21.2. The molecule has 0 bridgehead atoms. The van der Waals surface area contributed by atoms with E-state index in [2.05, 4.69) is 30.0 Å². The summed E-state index contributed by atoms with van der Waals surface area (Å²) in [6, 6.07) is 15.4. The van der Waals surface area contributed by atoms with Crippen molar-refractivity contribution in [3.05, 3.63) is 79.1 Å². The van der Waals surface area contributed by atoms with Crippen LogP contribution in [0.4, 0.5) is 5.69 Å². The molecule has 0 spiro atoms. The van der Waals surface area contributed by atoms with Crippen LogP contribution in [0, 0.1) is 0 Å². The number of rotatable bonds is 5. The van der Waals surface area contributed by atoms with Gasteiger partial charge >= 0.3 is 0 Å². The summed E-state index contributed by atoms with van der Waals surface area (Å²) >= 11 is 0. The molecule has 1 saturated heterocycles. The van der Waals surface area contributed by atoms with E-state index >= 15 is 0 Å². The van der Waals surface area contributed by atoms with Crippen molar-refractivity contribution in [2.75, 3.05) is 18.5 Å². The number of amides is 1. The van der Waals surface area contributed by atoms with Gasteiger partial charge in [0.2, 0.25) is 0 Å². The van der Waals surface area contributed by atoms with E-state index in [0.717, 1.165) is 48.6 Å². The van der Waals surface area contributed by atoms with Crippen LogP contribution in [0.5, 0.6) is 0 Å². The minimum absolute atomic E-state index is 0.279. The normalized spacial score (nSPS) is 14.2. The lowest BCUT2D eigenvalue weighted by atomic mass is 10.1. The molecule has 3 aromatic heterocycles. The first-order valence-electron chi connectivity index (χ1n) is 10.5. The quantitative estimate of drug-likeness (QED) is 0.518. The Morgan fingerprint density at radius 1 is 1.00 bits per heavy atom. The van der Waals surface area contributed by atoms with Crippen LogP contribution in [0.1, 0.15) is 29.4 Å². The lowest BCUT2D eigenvalue weighted by Crippen LogP contribution is -2.19.